The van der Waals surface area contributed by atoms with E-state index >= 15 is 0 Å². The van der Waals surface area contributed by atoms with Crippen LogP contribution >= 0.6 is 0 Å². The second-order valence-corrected chi connectivity index (χ2v) is 13.9. The number of hydrogen-bond donors (Lipinski definition) is 2. The summed E-state index contributed by atoms with van der Waals surface area (Å²) in [5.41, 5.74) is 16.4. The molecule has 1 fully saturated rings. The number of unbranched alkanes of at least 4 members (excludes halogenated alkanes) is 2. The van der Waals surface area contributed by atoms with Gasteiger partial charge in [0.25, 0.3) is 0 Å². The van der Waals surface area contributed by atoms with Gasteiger partial charge in [0.1, 0.15) is 5.60 Å². The molecule has 1 aromatic rings. The number of anilines is 1. The number of primary amides is 1. The number of amides is 1. The van der Waals surface area contributed by atoms with E-state index in [0.717, 1.165) is 53.5 Å². The van der Waals surface area contributed by atoms with Crippen molar-refractivity contribution in [2.75, 3.05) is 19.0 Å². The van der Waals surface area contributed by atoms with E-state index in [1.807, 2.05) is 6.92 Å². The number of allylic oxidation sites excluding steroid dienone is 5. The van der Waals surface area contributed by atoms with Crippen LogP contribution in [0.5, 0.6) is 0 Å². The summed E-state index contributed by atoms with van der Waals surface area (Å²) >= 11 is 0. The molecular formula is C38H50N2O2. The molecule has 0 heterocycles. The molecular weight excluding hydrogens is 516 g/mol. The van der Waals surface area contributed by atoms with Gasteiger partial charge in [-0.15, -0.1) is 0 Å². The molecule has 42 heavy (non-hydrogen) atoms. The number of nitrogens with two attached hydrogens (primary N) is 1. The van der Waals surface area contributed by atoms with Crippen molar-refractivity contribution < 1.29 is 9.90 Å². The van der Waals surface area contributed by atoms with E-state index in [1.54, 1.807) is 0 Å². The van der Waals surface area contributed by atoms with Crippen LogP contribution in [0, 0.1) is 30.1 Å². The number of carbonyl (C=O) groups excluding carboxylic acids is 1. The summed E-state index contributed by atoms with van der Waals surface area (Å²) in [7, 11) is 4.24. The van der Waals surface area contributed by atoms with Gasteiger partial charge in [-0.05, 0) is 121 Å². The smallest absolute Gasteiger partial charge is 0.249 e. The number of fused-ring (bicyclic) bond motifs is 2. The zero-order chi connectivity index (χ0) is 30.9. The number of aliphatic hydroxyl groups is 1. The van der Waals surface area contributed by atoms with Gasteiger partial charge in [0, 0.05) is 30.8 Å². The zero-order valence-electron chi connectivity index (χ0n) is 26.9. The molecule has 5 rings (SSSR count). The van der Waals surface area contributed by atoms with Crippen LogP contribution in [0.25, 0.3) is 11.6 Å². The monoisotopic (exact) mass is 566 g/mol. The third kappa shape index (κ3) is 4.08. The minimum absolute atomic E-state index is 0.106. The first-order chi connectivity index (χ1) is 19.7. The predicted octanol–water partition coefficient (Wildman–Crippen LogP) is 7.86. The molecule has 0 bridgehead atoms. The fourth-order valence-electron chi connectivity index (χ4n) is 9.59. The van der Waals surface area contributed by atoms with Crippen molar-refractivity contribution in [3.05, 3.63) is 87.6 Å². The molecule has 0 aliphatic heterocycles. The Labute approximate surface area is 253 Å². The first-order valence-corrected chi connectivity index (χ1v) is 15.8. The largest absolute Gasteiger partial charge is 0.380 e. The lowest BCUT2D eigenvalue weighted by Gasteiger charge is -2.69. The Morgan fingerprint density at radius 2 is 1.88 bits per heavy atom. The van der Waals surface area contributed by atoms with E-state index in [-0.39, 0.29) is 17.3 Å². The highest BCUT2D eigenvalue weighted by molar-refractivity contribution is 5.99. The predicted molar refractivity (Wildman–Crippen MR) is 177 cm³/mol. The van der Waals surface area contributed by atoms with Crippen molar-refractivity contribution in [1.82, 2.24) is 0 Å². The van der Waals surface area contributed by atoms with Crippen LogP contribution in [0.4, 0.5) is 5.69 Å². The van der Waals surface area contributed by atoms with Crippen molar-refractivity contribution in [3.63, 3.8) is 0 Å². The zero-order valence-corrected chi connectivity index (χ0v) is 26.9. The maximum Gasteiger partial charge on any atom is 0.249 e. The molecule has 3 N–H and O–H groups in total. The molecule has 1 unspecified atom stereocenters. The molecule has 224 valence electrons. The van der Waals surface area contributed by atoms with Crippen LogP contribution in [-0.4, -0.2) is 30.7 Å². The van der Waals surface area contributed by atoms with Crippen LogP contribution in [0.1, 0.15) is 88.5 Å². The summed E-state index contributed by atoms with van der Waals surface area (Å²) in [4.78, 5) is 14.9. The SMILES string of the molecule is C=C(/C=C/c1cc(N(C)C)c2c(c1C)C(=C)C1=C(C)[C@]3(O)C(=C)C(C(N)=O)=C(C)[C@H]4C(C)C[C@]43C[C@@H]1C2)CCCCC. The normalized spacial score (nSPS) is 30.0. The average Bonchev–Trinajstić information content (AvgIpc) is 2.89. The minimum Gasteiger partial charge on any atom is -0.380 e. The molecule has 5 atom stereocenters. The molecule has 0 radical (unpaired) electrons. The number of benzene rings is 1. The van der Waals surface area contributed by atoms with Gasteiger partial charge in [-0.25, -0.2) is 0 Å². The topological polar surface area (TPSA) is 66.6 Å². The van der Waals surface area contributed by atoms with E-state index < -0.39 is 11.5 Å². The lowest BCUT2D eigenvalue weighted by molar-refractivity contribution is -0.165. The molecule has 4 heteroatoms. The minimum atomic E-state index is -1.31. The van der Waals surface area contributed by atoms with Crippen molar-refractivity contribution in [1.29, 1.82) is 0 Å². The first kappa shape index (κ1) is 30.4. The Morgan fingerprint density at radius 3 is 2.48 bits per heavy atom. The molecule has 1 aromatic carbocycles. The third-order valence-electron chi connectivity index (χ3n) is 11.3. The summed E-state index contributed by atoms with van der Waals surface area (Å²) in [5.74, 6) is 0.229. The van der Waals surface area contributed by atoms with Crippen molar-refractivity contribution in [3.8, 4) is 0 Å². The number of nitrogens with zero attached hydrogens (tertiary/aromatic N) is 1. The lowest BCUT2D eigenvalue weighted by atomic mass is 9.36. The van der Waals surface area contributed by atoms with Crippen molar-refractivity contribution in [2.45, 2.75) is 85.2 Å². The summed E-state index contributed by atoms with van der Waals surface area (Å²) < 4.78 is 0. The Morgan fingerprint density at radius 1 is 1.19 bits per heavy atom. The maximum absolute atomic E-state index is 12.8. The van der Waals surface area contributed by atoms with Gasteiger partial charge in [0.15, 0.2) is 0 Å². The Hall–Kier alpha value is -3.11. The molecule has 0 aromatic heterocycles. The number of rotatable bonds is 8. The molecule has 0 saturated heterocycles. The van der Waals surface area contributed by atoms with Gasteiger partial charge in [-0.2, -0.15) is 0 Å². The highest BCUT2D eigenvalue weighted by Gasteiger charge is 2.70. The highest BCUT2D eigenvalue weighted by atomic mass is 16.3. The van der Waals surface area contributed by atoms with Gasteiger partial charge in [-0.1, -0.05) is 69.7 Å². The van der Waals surface area contributed by atoms with Crippen molar-refractivity contribution in [2.24, 2.45) is 28.9 Å². The third-order valence-corrected chi connectivity index (χ3v) is 11.3. The second kappa shape index (κ2) is 10.6. The standard InChI is InChI=1S/C38H50N2O2/c1-11-12-13-14-21(2)15-16-28-18-31(40(9)10)30-17-29-20-37-19-22(3)35(37)25(6)34(36(39)41)27(8)38(37,42)26(7)33(29)24(5)32(30)23(28)4/h15-16,18,22,29,35,42H,2,5,8,11-14,17,19-20H2,1,3-4,6-7,9-10H3,(H2,39,41)/b16-15+/t22?,29-,35+,37-,38-/m0/s1. The van der Waals surface area contributed by atoms with Crippen LogP contribution < -0.4 is 10.6 Å². The summed E-state index contributed by atoms with van der Waals surface area (Å²) in [6.45, 7) is 24.1. The van der Waals surface area contributed by atoms with Crippen LogP contribution in [0.2, 0.25) is 0 Å². The molecule has 4 aliphatic carbocycles. The number of hydrogen-bond acceptors (Lipinski definition) is 3. The number of carbonyl (C=O) groups is 1. The van der Waals surface area contributed by atoms with Crippen LogP contribution in [-0.2, 0) is 11.2 Å². The van der Waals surface area contributed by atoms with Gasteiger partial charge in [0.2, 0.25) is 5.91 Å². The van der Waals surface area contributed by atoms with Gasteiger partial charge in [-0.3, -0.25) is 4.79 Å². The van der Waals surface area contributed by atoms with Crippen molar-refractivity contribution >= 4 is 23.2 Å². The average molecular weight is 567 g/mol. The maximum atomic E-state index is 12.8. The Kier molecular flexibility index (Phi) is 7.63. The Balaban J connectivity index is 1.65. The Bertz CT molecular complexity index is 1500. The van der Waals surface area contributed by atoms with Crippen LogP contribution in [0.3, 0.4) is 0 Å². The summed E-state index contributed by atoms with van der Waals surface area (Å²) in [6.07, 6.45) is 11.6. The summed E-state index contributed by atoms with van der Waals surface area (Å²) in [5, 5.41) is 12.8. The summed E-state index contributed by atoms with van der Waals surface area (Å²) in [6, 6.07) is 2.32. The highest BCUT2D eigenvalue weighted by Crippen LogP contribution is 2.73. The van der Waals surface area contributed by atoms with E-state index in [9.17, 15) is 9.90 Å². The van der Waals surface area contributed by atoms with E-state index in [1.165, 1.54) is 47.2 Å². The molecule has 4 nitrogen and oxygen atoms in total. The van der Waals surface area contributed by atoms with E-state index in [4.69, 9.17) is 12.3 Å². The van der Waals surface area contributed by atoms with Gasteiger partial charge in [0.05, 0.1) is 0 Å². The lowest BCUT2D eigenvalue weighted by Crippen LogP contribution is -2.68. The van der Waals surface area contributed by atoms with Crippen LogP contribution in [0.15, 0.2) is 65.3 Å². The fourth-order valence-corrected chi connectivity index (χ4v) is 9.59. The van der Waals surface area contributed by atoms with Gasteiger partial charge >= 0.3 is 0 Å². The molecule has 1 saturated carbocycles. The van der Waals surface area contributed by atoms with E-state index in [0.29, 0.717) is 17.1 Å². The molecule has 1 spiro atoms. The quantitative estimate of drug-likeness (QED) is 0.249. The first-order valence-electron chi connectivity index (χ1n) is 15.8. The fraction of sp³-hybridized carbons (Fsp3) is 0.500. The molecule has 4 aliphatic rings. The molecule has 1 amide bonds. The van der Waals surface area contributed by atoms with Gasteiger partial charge < -0.3 is 15.7 Å². The second-order valence-electron chi connectivity index (χ2n) is 13.9. The van der Waals surface area contributed by atoms with E-state index in [2.05, 4.69) is 78.1 Å².